The lowest BCUT2D eigenvalue weighted by Gasteiger charge is -2.09. The van der Waals surface area contributed by atoms with E-state index in [0.29, 0.717) is 28.1 Å². The largest absolute Gasteiger partial charge is 0.310 e. The molecule has 2 aromatic rings. The van der Waals surface area contributed by atoms with E-state index in [0.717, 1.165) is 18.5 Å². The molecule has 0 aliphatic carbocycles. The highest BCUT2D eigenvalue weighted by Gasteiger charge is 2.12. The summed E-state index contributed by atoms with van der Waals surface area (Å²) >= 11 is 12.4. The Morgan fingerprint density at radius 3 is 2.79 bits per heavy atom. The van der Waals surface area contributed by atoms with Crippen molar-refractivity contribution < 1.29 is 0 Å². The molecular weight excluding hydrogens is 285 g/mol. The van der Waals surface area contributed by atoms with Gasteiger partial charge in [0, 0.05) is 5.02 Å². The molecule has 0 amide bonds. The Labute approximate surface area is 121 Å². The summed E-state index contributed by atoms with van der Waals surface area (Å²) in [4.78, 5) is 0. The highest BCUT2D eigenvalue weighted by molar-refractivity contribution is 6.35. The molecular formula is C12H15Cl2N5. The number of rotatable bonds is 5. The number of hydrogen-bond donors (Lipinski definition) is 1. The molecule has 0 bridgehead atoms. The lowest BCUT2D eigenvalue weighted by Crippen LogP contribution is -2.17. The SMILES string of the molecule is CCCNCc1nnnn1-c1cc(Cl)c(C)cc1Cl. The van der Waals surface area contributed by atoms with Crippen LogP contribution in [-0.4, -0.2) is 26.8 Å². The van der Waals surface area contributed by atoms with Gasteiger partial charge in [-0.3, -0.25) is 0 Å². The molecule has 0 fully saturated rings. The monoisotopic (exact) mass is 299 g/mol. The highest BCUT2D eigenvalue weighted by Crippen LogP contribution is 2.27. The van der Waals surface area contributed by atoms with Crippen LogP contribution in [-0.2, 0) is 6.54 Å². The first-order valence-electron chi connectivity index (χ1n) is 6.07. The fourth-order valence-electron chi connectivity index (χ4n) is 1.68. The fraction of sp³-hybridized carbons (Fsp3) is 0.417. The number of aryl methyl sites for hydroxylation is 1. The summed E-state index contributed by atoms with van der Waals surface area (Å²) in [5.74, 6) is 0.704. The zero-order chi connectivity index (χ0) is 13.8. The molecule has 0 spiro atoms. The minimum Gasteiger partial charge on any atom is -0.310 e. The molecule has 0 unspecified atom stereocenters. The third kappa shape index (κ3) is 3.23. The summed E-state index contributed by atoms with van der Waals surface area (Å²) in [7, 11) is 0. The van der Waals surface area contributed by atoms with E-state index in [-0.39, 0.29) is 0 Å². The van der Waals surface area contributed by atoms with Crippen LogP contribution in [0.15, 0.2) is 12.1 Å². The van der Waals surface area contributed by atoms with Gasteiger partial charge in [0.2, 0.25) is 0 Å². The number of nitrogens with one attached hydrogen (secondary N) is 1. The molecule has 1 aromatic carbocycles. The summed E-state index contributed by atoms with van der Waals surface area (Å²) in [6.07, 6.45) is 1.05. The van der Waals surface area contributed by atoms with E-state index in [9.17, 15) is 0 Å². The van der Waals surface area contributed by atoms with E-state index in [2.05, 4.69) is 27.8 Å². The molecule has 1 heterocycles. The first-order chi connectivity index (χ1) is 9.13. The molecule has 0 atom stereocenters. The third-order valence-electron chi connectivity index (χ3n) is 2.70. The van der Waals surface area contributed by atoms with Crippen LogP contribution in [0.1, 0.15) is 24.7 Å². The number of benzene rings is 1. The van der Waals surface area contributed by atoms with Crippen LogP contribution in [0, 0.1) is 6.92 Å². The minimum atomic E-state index is 0.575. The van der Waals surface area contributed by atoms with Crippen molar-refractivity contribution in [2.45, 2.75) is 26.8 Å². The third-order valence-corrected chi connectivity index (χ3v) is 3.41. The van der Waals surface area contributed by atoms with Gasteiger partial charge < -0.3 is 5.32 Å². The molecule has 7 heteroatoms. The van der Waals surface area contributed by atoms with Crippen molar-refractivity contribution >= 4 is 23.2 Å². The van der Waals surface area contributed by atoms with Gasteiger partial charge in [-0.15, -0.1) is 5.10 Å². The summed E-state index contributed by atoms with van der Waals surface area (Å²) in [6, 6.07) is 3.59. The first kappa shape index (κ1) is 14.2. The molecule has 102 valence electrons. The molecule has 5 nitrogen and oxygen atoms in total. The van der Waals surface area contributed by atoms with Gasteiger partial charge in [-0.25, -0.2) is 0 Å². The van der Waals surface area contributed by atoms with E-state index in [1.165, 1.54) is 0 Å². The molecule has 2 rings (SSSR count). The van der Waals surface area contributed by atoms with Crippen LogP contribution in [0.4, 0.5) is 0 Å². The van der Waals surface area contributed by atoms with Gasteiger partial charge in [-0.2, -0.15) is 4.68 Å². The van der Waals surface area contributed by atoms with Crippen LogP contribution in [0.3, 0.4) is 0 Å². The van der Waals surface area contributed by atoms with Crippen molar-refractivity contribution in [2.75, 3.05) is 6.54 Å². The molecule has 0 saturated heterocycles. The number of tetrazole rings is 1. The van der Waals surface area contributed by atoms with E-state index >= 15 is 0 Å². The molecule has 0 saturated carbocycles. The van der Waals surface area contributed by atoms with E-state index in [4.69, 9.17) is 23.2 Å². The van der Waals surface area contributed by atoms with Crippen molar-refractivity contribution in [3.63, 3.8) is 0 Å². The highest BCUT2D eigenvalue weighted by atomic mass is 35.5. The first-order valence-corrected chi connectivity index (χ1v) is 6.83. The van der Waals surface area contributed by atoms with Gasteiger partial charge >= 0.3 is 0 Å². The summed E-state index contributed by atoms with van der Waals surface area (Å²) < 4.78 is 1.61. The number of aromatic nitrogens is 4. The quantitative estimate of drug-likeness (QED) is 0.863. The van der Waals surface area contributed by atoms with Gasteiger partial charge in [0.15, 0.2) is 5.82 Å². The molecule has 0 aliphatic rings. The maximum Gasteiger partial charge on any atom is 0.170 e. The van der Waals surface area contributed by atoms with Crippen LogP contribution < -0.4 is 5.32 Å². The predicted octanol–water partition coefficient (Wildman–Crippen LogP) is 2.78. The maximum atomic E-state index is 6.23. The number of nitrogens with zero attached hydrogens (tertiary/aromatic N) is 4. The average Bonchev–Trinajstić information content (AvgIpc) is 2.82. The zero-order valence-electron chi connectivity index (χ0n) is 10.8. The normalized spacial score (nSPS) is 10.9. The Kier molecular flexibility index (Phi) is 4.74. The Morgan fingerprint density at radius 1 is 1.26 bits per heavy atom. The maximum absolute atomic E-state index is 6.23. The summed E-state index contributed by atoms with van der Waals surface area (Å²) in [5.41, 5.74) is 1.62. The average molecular weight is 300 g/mol. The summed E-state index contributed by atoms with van der Waals surface area (Å²) in [6.45, 7) is 5.51. The molecule has 0 radical (unpaired) electrons. The second kappa shape index (κ2) is 6.32. The lowest BCUT2D eigenvalue weighted by molar-refractivity contribution is 0.633. The Bertz CT molecular complexity index is 567. The van der Waals surface area contributed by atoms with Crippen LogP contribution in [0.25, 0.3) is 5.69 Å². The predicted molar refractivity (Wildman–Crippen MR) is 75.9 cm³/mol. The van der Waals surface area contributed by atoms with Crippen molar-refractivity contribution in [3.05, 3.63) is 33.6 Å². The van der Waals surface area contributed by atoms with Crippen LogP contribution >= 0.6 is 23.2 Å². The van der Waals surface area contributed by atoms with Gasteiger partial charge in [0.25, 0.3) is 0 Å². The number of halogens is 2. The summed E-state index contributed by atoms with van der Waals surface area (Å²) in [5, 5.41) is 16.1. The van der Waals surface area contributed by atoms with E-state index < -0.39 is 0 Å². The minimum absolute atomic E-state index is 0.575. The molecule has 19 heavy (non-hydrogen) atoms. The molecule has 1 aromatic heterocycles. The Morgan fingerprint density at radius 2 is 2.05 bits per heavy atom. The van der Waals surface area contributed by atoms with Crippen LogP contribution in [0.5, 0.6) is 0 Å². The lowest BCUT2D eigenvalue weighted by atomic mass is 10.2. The molecule has 1 N–H and O–H groups in total. The van der Waals surface area contributed by atoms with Crippen molar-refractivity contribution in [1.82, 2.24) is 25.5 Å². The van der Waals surface area contributed by atoms with E-state index in [1.807, 2.05) is 13.0 Å². The van der Waals surface area contributed by atoms with Crippen molar-refractivity contribution in [2.24, 2.45) is 0 Å². The topological polar surface area (TPSA) is 55.6 Å². The van der Waals surface area contributed by atoms with Gasteiger partial charge in [-0.05, 0) is 48.0 Å². The molecule has 0 aliphatic heterocycles. The van der Waals surface area contributed by atoms with Crippen molar-refractivity contribution in [3.8, 4) is 5.69 Å². The van der Waals surface area contributed by atoms with Crippen molar-refractivity contribution in [1.29, 1.82) is 0 Å². The fourth-order valence-corrected chi connectivity index (χ4v) is 2.13. The van der Waals surface area contributed by atoms with Crippen LogP contribution in [0.2, 0.25) is 10.0 Å². The van der Waals surface area contributed by atoms with Gasteiger partial charge in [-0.1, -0.05) is 30.1 Å². The second-order valence-electron chi connectivity index (χ2n) is 4.24. The van der Waals surface area contributed by atoms with Gasteiger partial charge in [0.05, 0.1) is 17.3 Å². The standard InChI is InChI=1S/C12H15Cl2N5/c1-3-4-15-7-12-16-17-18-19(12)11-6-9(13)8(2)5-10(11)14/h5-6,15H,3-4,7H2,1-2H3. The smallest absolute Gasteiger partial charge is 0.170 e. The Hall–Kier alpha value is -1.17. The van der Waals surface area contributed by atoms with Gasteiger partial charge in [0.1, 0.15) is 0 Å². The van der Waals surface area contributed by atoms with E-state index in [1.54, 1.807) is 10.7 Å². The zero-order valence-corrected chi connectivity index (χ0v) is 12.3. The number of hydrogen-bond acceptors (Lipinski definition) is 4. The second-order valence-corrected chi connectivity index (χ2v) is 5.05. The Balaban J connectivity index is 2.32.